The van der Waals surface area contributed by atoms with Crippen molar-refractivity contribution in [3.63, 3.8) is 0 Å². The lowest BCUT2D eigenvalue weighted by atomic mass is 9.89. The third-order valence-electron chi connectivity index (χ3n) is 5.31. The first kappa shape index (κ1) is 16.1. The number of fused-ring (bicyclic) bond motifs is 1. The van der Waals surface area contributed by atoms with Gasteiger partial charge < -0.3 is 5.32 Å². The molecular weight excluding hydrogens is 320 g/mol. The van der Waals surface area contributed by atoms with Crippen molar-refractivity contribution in [1.29, 1.82) is 0 Å². The van der Waals surface area contributed by atoms with Crippen LogP contribution in [0.1, 0.15) is 43.6 Å². The predicted molar refractivity (Wildman–Crippen MR) is 94.1 cm³/mol. The van der Waals surface area contributed by atoms with Gasteiger partial charge in [-0.3, -0.25) is 14.2 Å². The highest BCUT2D eigenvalue weighted by Crippen LogP contribution is 2.31. The number of aryl methyl sites for hydroxylation is 1. The van der Waals surface area contributed by atoms with E-state index < -0.39 is 0 Å². The average molecular weight is 342 g/mol. The number of rotatable bonds is 2. The summed E-state index contributed by atoms with van der Waals surface area (Å²) in [5.74, 6) is -0.240. The predicted octanol–water partition coefficient (Wildman–Crippen LogP) is 0.982. The Morgan fingerprint density at radius 3 is 2.40 bits per heavy atom. The summed E-state index contributed by atoms with van der Waals surface area (Å²) in [4.78, 5) is 37.5. The van der Waals surface area contributed by atoms with Crippen molar-refractivity contribution >= 4 is 22.8 Å². The zero-order valence-corrected chi connectivity index (χ0v) is 14.3. The lowest BCUT2D eigenvalue weighted by Crippen LogP contribution is -2.52. The van der Waals surface area contributed by atoms with Gasteiger partial charge >= 0.3 is 5.69 Å². The molecule has 2 amide bonds. The van der Waals surface area contributed by atoms with E-state index in [1.54, 1.807) is 11.6 Å². The second kappa shape index (κ2) is 6.15. The molecule has 0 unspecified atom stereocenters. The molecule has 7 nitrogen and oxygen atoms in total. The first-order chi connectivity index (χ1) is 12.1. The van der Waals surface area contributed by atoms with Gasteiger partial charge in [0.1, 0.15) is 0 Å². The molecule has 0 saturated carbocycles. The molecule has 4 rings (SSSR count). The van der Waals surface area contributed by atoms with Crippen molar-refractivity contribution in [2.24, 2.45) is 7.05 Å². The molecule has 0 radical (unpaired) electrons. The maximum absolute atomic E-state index is 12.9. The highest BCUT2D eigenvalue weighted by atomic mass is 16.2. The van der Waals surface area contributed by atoms with Crippen molar-refractivity contribution in [3.05, 3.63) is 34.2 Å². The van der Waals surface area contributed by atoms with Crippen molar-refractivity contribution < 1.29 is 9.59 Å². The van der Waals surface area contributed by atoms with E-state index in [2.05, 4.69) is 11.4 Å². The summed E-state index contributed by atoms with van der Waals surface area (Å²) >= 11 is 0. The van der Waals surface area contributed by atoms with Gasteiger partial charge in [0.25, 0.3) is 0 Å². The first-order valence-corrected chi connectivity index (χ1v) is 8.86. The Kier molecular flexibility index (Phi) is 3.95. The normalized spacial score (nSPS) is 19.8. The third kappa shape index (κ3) is 2.50. The number of imidazole rings is 1. The molecule has 132 valence electrons. The Balaban J connectivity index is 1.92. The molecule has 1 aromatic heterocycles. The fraction of sp³-hybridized carbons (Fsp3) is 0.500. The summed E-state index contributed by atoms with van der Waals surface area (Å²) in [5, 5.41) is 4.40. The molecular formula is C18H22N4O3. The number of aromatic nitrogens is 2. The summed E-state index contributed by atoms with van der Waals surface area (Å²) in [6, 6.07) is 5.78. The van der Waals surface area contributed by atoms with Gasteiger partial charge in [0, 0.05) is 19.9 Å². The van der Waals surface area contributed by atoms with E-state index in [4.69, 9.17) is 0 Å². The molecule has 2 saturated heterocycles. The van der Waals surface area contributed by atoms with Crippen LogP contribution in [0, 0.1) is 0 Å². The van der Waals surface area contributed by atoms with Gasteiger partial charge in [-0.2, -0.15) is 9.69 Å². The van der Waals surface area contributed by atoms with Crippen LogP contribution in [-0.2, 0) is 16.6 Å². The number of carbonyl (C=O) groups excluding carboxylic acids is 2. The minimum atomic E-state index is -0.347. The second-order valence-electron chi connectivity index (χ2n) is 6.85. The largest absolute Gasteiger partial charge is 0.348 e. The number of amides is 2. The number of carbonyl (C=O) groups is 2. The van der Waals surface area contributed by atoms with E-state index in [1.165, 1.54) is 4.68 Å². The maximum atomic E-state index is 12.9. The minimum absolute atomic E-state index is 0.294. The number of hydrogen-bond donors (Lipinski definition) is 1. The van der Waals surface area contributed by atoms with Crippen LogP contribution < -0.4 is 16.0 Å². The van der Waals surface area contributed by atoms with Gasteiger partial charge in [0.2, 0.25) is 11.8 Å². The molecule has 25 heavy (non-hydrogen) atoms. The molecule has 3 heterocycles. The van der Waals surface area contributed by atoms with Gasteiger partial charge in [0.05, 0.1) is 11.0 Å². The van der Waals surface area contributed by atoms with Gasteiger partial charge in [-0.15, -0.1) is 0 Å². The van der Waals surface area contributed by atoms with Gasteiger partial charge in [-0.25, -0.2) is 4.79 Å². The zero-order chi connectivity index (χ0) is 17.6. The van der Waals surface area contributed by atoms with Crippen LogP contribution in [0.5, 0.6) is 0 Å². The van der Waals surface area contributed by atoms with E-state index in [0.29, 0.717) is 30.7 Å². The number of piperidine rings is 2. The van der Waals surface area contributed by atoms with Crippen LogP contribution in [-0.4, -0.2) is 34.1 Å². The third-order valence-corrected chi connectivity index (χ3v) is 5.31. The van der Waals surface area contributed by atoms with E-state index in [9.17, 15) is 14.4 Å². The Hall–Kier alpha value is -2.41. The van der Waals surface area contributed by atoms with E-state index in [0.717, 1.165) is 42.0 Å². The number of nitrogens with one attached hydrogen (secondary N) is 1. The van der Waals surface area contributed by atoms with E-state index in [-0.39, 0.29) is 17.5 Å². The molecule has 1 aromatic carbocycles. The Morgan fingerprint density at radius 2 is 1.72 bits per heavy atom. The molecule has 7 heteroatoms. The highest BCUT2D eigenvalue weighted by molar-refractivity contribution is 6.11. The lowest BCUT2D eigenvalue weighted by Gasteiger charge is -2.25. The summed E-state index contributed by atoms with van der Waals surface area (Å²) < 4.78 is 2.84. The van der Waals surface area contributed by atoms with Crippen LogP contribution in [0.2, 0.25) is 0 Å². The average Bonchev–Trinajstić information content (AvgIpc) is 2.88. The van der Waals surface area contributed by atoms with Crippen molar-refractivity contribution in [2.45, 2.75) is 38.0 Å². The fourth-order valence-electron chi connectivity index (χ4n) is 4.05. The molecule has 1 N–H and O–H groups in total. The molecule has 0 atom stereocenters. The standard InChI is InChI=1S/C18H22N4O3/c1-20-17-13(12-8-10-19-11-9-12)4-2-5-14(17)21(18(20)25)22-15(23)6-3-7-16(22)24/h2,4-5,12,19H,3,6-11H2,1H3. The topological polar surface area (TPSA) is 76.3 Å². The van der Waals surface area contributed by atoms with E-state index >= 15 is 0 Å². The van der Waals surface area contributed by atoms with Crippen LogP contribution in [0.25, 0.3) is 11.0 Å². The van der Waals surface area contributed by atoms with Gasteiger partial charge in [-0.05, 0) is 49.9 Å². The number of imide groups is 1. The number of benzene rings is 1. The van der Waals surface area contributed by atoms with Crippen LogP contribution in [0.3, 0.4) is 0 Å². The molecule has 2 fully saturated rings. The van der Waals surface area contributed by atoms with Crippen LogP contribution in [0.15, 0.2) is 23.0 Å². The maximum Gasteiger partial charge on any atom is 0.348 e. The minimum Gasteiger partial charge on any atom is -0.317 e. The fourth-order valence-corrected chi connectivity index (χ4v) is 4.05. The second-order valence-corrected chi connectivity index (χ2v) is 6.85. The molecule has 0 aliphatic carbocycles. The molecule has 0 bridgehead atoms. The number of hydrogen-bond acceptors (Lipinski definition) is 4. The lowest BCUT2D eigenvalue weighted by molar-refractivity contribution is -0.131. The van der Waals surface area contributed by atoms with Gasteiger partial charge in [-0.1, -0.05) is 12.1 Å². The first-order valence-electron chi connectivity index (χ1n) is 8.86. The van der Waals surface area contributed by atoms with Crippen molar-refractivity contribution in [1.82, 2.24) is 14.6 Å². The monoisotopic (exact) mass is 342 g/mol. The highest BCUT2D eigenvalue weighted by Gasteiger charge is 2.32. The summed E-state index contributed by atoms with van der Waals surface area (Å²) in [6.07, 6.45) is 3.17. The molecule has 2 aromatic rings. The van der Waals surface area contributed by atoms with Crippen molar-refractivity contribution in [3.8, 4) is 0 Å². The summed E-state index contributed by atoms with van der Waals surface area (Å²) in [7, 11) is 1.71. The van der Waals surface area contributed by atoms with Gasteiger partial charge in [0.15, 0.2) is 0 Å². The molecule has 2 aliphatic rings. The SMILES string of the molecule is Cn1c(=O)n(N2C(=O)CCCC2=O)c2cccc(C3CCNCC3)c21. The quantitative estimate of drug-likeness (QED) is 0.826. The van der Waals surface area contributed by atoms with E-state index in [1.807, 2.05) is 12.1 Å². The zero-order valence-electron chi connectivity index (χ0n) is 14.3. The number of nitrogens with zero attached hydrogens (tertiary/aromatic N) is 3. The number of para-hydroxylation sites is 1. The Labute approximate surface area is 145 Å². The van der Waals surface area contributed by atoms with Crippen molar-refractivity contribution in [2.75, 3.05) is 18.1 Å². The van der Waals surface area contributed by atoms with Crippen LogP contribution in [0.4, 0.5) is 0 Å². The molecule has 2 aliphatic heterocycles. The smallest absolute Gasteiger partial charge is 0.317 e. The Bertz CT molecular complexity index is 889. The Morgan fingerprint density at radius 1 is 1.04 bits per heavy atom. The van der Waals surface area contributed by atoms with Crippen LogP contribution >= 0.6 is 0 Å². The molecule has 0 spiro atoms. The summed E-state index contributed by atoms with van der Waals surface area (Å²) in [6.45, 7) is 1.91. The summed E-state index contributed by atoms with van der Waals surface area (Å²) in [5.41, 5.74) is 2.23.